The standard InChI is InChI=1S/C9H22N2O3S/c1-9(12)5-8-11(2)7-4-6-10-15(3,13)14/h9-10,12H,4-8H2,1-3H3. The molecule has 0 rings (SSSR count). The molecule has 0 aliphatic carbocycles. The highest BCUT2D eigenvalue weighted by molar-refractivity contribution is 7.88. The van der Waals surface area contributed by atoms with Crippen molar-refractivity contribution in [1.29, 1.82) is 0 Å². The number of hydrogen-bond donors (Lipinski definition) is 2. The van der Waals surface area contributed by atoms with Gasteiger partial charge in [0.05, 0.1) is 12.4 Å². The largest absolute Gasteiger partial charge is 0.393 e. The Bertz CT molecular complexity index is 252. The molecule has 92 valence electrons. The SMILES string of the molecule is CC(O)CCN(C)CCCNS(C)(=O)=O. The van der Waals surface area contributed by atoms with Crippen LogP contribution in [0.4, 0.5) is 0 Å². The van der Waals surface area contributed by atoms with Crippen LogP contribution in [0.2, 0.25) is 0 Å². The van der Waals surface area contributed by atoms with E-state index in [4.69, 9.17) is 5.11 Å². The summed E-state index contributed by atoms with van der Waals surface area (Å²) in [6.07, 6.45) is 2.41. The Morgan fingerprint density at radius 2 is 2.00 bits per heavy atom. The third-order valence-electron chi connectivity index (χ3n) is 2.01. The van der Waals surface area contributed by atoms with E-state index >= 15 is 0 Å². The second-order valence-electron chi connectivity index (χ2n) is 3.96. The fraction of sp³-hybridized carbons (Fsp3) is 1.00. The number of rotatable bonds is 8. The van der Waals surface area contributed by atoms with Crippen molar-refractivity contribution in [3.8, 4) is 0 Å². The second-order valence-corrected chi connectivity index (χ2v) is 5.79. The highest BCUT2D eigenvalue weighted by atomic mass is 32.2. The first kappa shape index (κ1) is 14.8. The zero-order valence-electron chi connectivity index (χ0n) is 9.73. The Morgan fingerprint density at radius 3 is 2.47 bits per heavy atom. The van der Waals surface area contributed by atoms with E-state index in [-0.39, 0.29) is 6.10 Å². The molecule has 0 aromatic rings. The van der Waals surface area contributed by atoms with Gasteiger partial charge in [-0.3, -0.25) is 0 Å². The third-order valence-corrected chi connectivity index (χ3v) is 2.74. The lowest BCUT2D eigenvalue weighted by atomic mass is 10.2. The van der Waals surface area contributed by atoms with Gasteiger partial charge in [0.15, 0.2) is 0 Å². The predicted molar refractivity (Wildman–Crippen MR) is 61.3 cm³/mol. The lowest BCUT2D eigenvalue weighted by Gasteiger charge is -2.17. The zero-order valence-corrected chi connectivity index (χ0v) is 10.5. The number of aliphatic hydroxyl groups excluding tert-OH is 1. The molecule has 0 aliphatic rings. The molecule has 0 bridgehead atoms. The van der Waals surface area contributed by atoms with Gasteiger partial charge in [0, 0.05) is 13.1 Å². The van der Waals surface area contributed by atoms with E-state index in [0.717, 1.165) is 32.2 Å². The first-order chi connectivity index (χ1) is 6.81. The average Bonchev–Trinajstić information content (AvgIpc) is 2.07. The van der Waals surface area contributed by atoms with Crippen molar-refractivity contribution in [2.24, 2.45) is 0 Å². The normalized spacial score (nSPS) is 14.5. The molecular formula is C9H22N2O3S. The van der Waals surface area contributed by atoms with E-state index in [1.165, 1.54) is 0 Å². The van der Waals surface area contributed by atoms with Crippen molar-refractivity contribution < 1.29 is 13.5 Å². The van der Waals surface area contributed by atoms with Crippen LogP contribution in [-0.2, 0) is 10.0 Å². The number of nitrogens with one attached hydrogen (secondary N) is 1. The van der Waals surface area contributed by atoms with Crippen LogP contribution in [0.15, 0.2) is 0 Å². The summed E-state index contributed by atoms with van der Waals surface area (Å²) >= 11 is 0. The van der Waals surface area contributed by atoms with Gasteiger partial charge in [0.2, 0.25) is 10.0 Å². The highest BCUT2D eigenvalue weighted by Crippen LogP contribution is 1.94. The van der Waals surface area contributed by atoms with Crippen molar-refractivity contribution in [1.82, 2.24) is 9.62 Å². The summed E-state index contributed by atoms with van der Waals surface area (Å²) in [6.45, 7) is 3.89. The third kappa shape index (κ3) is 11.8. The van der Waals surface area contributed by atoms with Crippen LogP contribution in [-0.4, -0.2) is 57.5 Å². The monoisotopic (exact) mass is 238 g/mol. The summed E-state index contributed by atoms with van der Waals surface area (Å²) in [7, 11) is -1.10. The van der Waals surface area contributed by atoms with Crippen molar-refractivity contribution in [2.45, 2.75) is 25.9 Å². The summed E-state index contributed by atoms with van der Waals surface area (Å²) in [5, 5.41) is 9.06. The van der Waals surface area contributed by atoms with Crippen LogP contribution >= 0.6 is 0 Å². The summed E-state index contributed by atoms with van der Waals surface area (Å²) in [5.74, 6) is 0. The molecule has 1 atom stereocenters. The van der Waals surface area contributed by atoms with Gasteiger partial charge in [0.25, 0.3) is 0 Å². The summed E-state index contributed by atoms with van der Waals surface area (Å²) in [4.78, 5) is 2.08. The van der Waals surface area contributed by atoms with Crippen molar-refractivity contribution >= 4 is 10.0 Å². The van der Waals surface area contributed by atoms with Crippen LogP contribution < -0.4 is 4.72 Å². The maximum Gasteiger partial charge on any atom is 0.208 e. The minimum absolute atomic E-state index is 0.276. The molecule has 6 heteroatoms. The first-order valence-corrected chi connectivity index (χ1v) is 7.01. The highest BCUT2D eigenvalue weighted by Gasteiger charge is 2.02. The van der Waals surface area contributed by atoms with E-state index in [2.05, 4.69) is 9.62 Å². The second kappa shape index (κ2) is 7.16. The van der Waals surface area contributed by atoms with Gasteiger partial charge < -0.3 is 10.0 Å². The van der Waals surface area contributed by atoms with E-state index in [1.54, 1.807) is 6.92 Å². The van der Waals surface area contributed by atoms with Gasteiger partial charge in [0.1, 0.15) is 0 Å². The number of nitrogens with zero attached hydrogens (tertiary/aromatic N) is 1. The van der Waals surface area contributed by atoms with Crippen molar-refractivity contribution in [3.05, 3.63) is 0 Å². The van der Waals surface area contributed by atoms with Gasteiger partial charge in [-0.25, -0.2) is 13.1 Å². The predicted octanol–water partition coefficient (Wildman–Crippen LogP) is -0.372. The molecule has 0 saturated heterocycles. The van der Waals surface area contributed by atoms with E-state index in [0.29, 0.717) is 6.54 Å². The average molecular weight is 238 g/mol. The molecule has 0 aromatic carbocycles. The van der Waals surface area contributed by atoms with Gasteiger partial charge in [-0.05, 0) is 33.4 Å². The van der Waals surface area contributed by atoms with Gasteiger partial charge in [-0.1, -0.05) is 0 Å². The topological polar surface area (TPSA) is 69.6 Å². The molecule has 1 unspecified atom stereocenters. The molecule has 0 aliphatic heterocycles. The van der Waals surface area contributed by atoms with Crippen molar-refractivity contribution in [3.63, 3.8) is 0 Å². The number of sulfonamides is 1. The Labute approximate surface area is 92.5 Å². The molecule has 0 saturated carbocycles. The quantitative estimate of drug-likeness (QED) is 0.566. The summed E-state index contributed by atoms with van der Waals surface area (Å²) < 4.78 is 23.9. The van der Waals surface area contributed by atoms with Crippen LogP contribution in [0, 0.1) is 0 Å². The van der Waals surface area contributed by atoms with Gasteiger partial charge in [-0.15, -0.1) is 0 Å². The zero-order chi connectivity index (χ0) is 11.9. The van der Waals surface area contributed by atoms with Gasteiger partial charge in [-0.2, -0.15) is 0 Å². The number of hydrogen-bond acceptors (Lipinski definition) is 4. The minimum atomic E-state index is -3.06. The lowest BCUT2D eigenvalue weighted by molar-refractivity contribution is 0.164. The fourth-order valence-corrected chi connectivity index (χ4v) is 1.64. The van der Waals surface area contributed by atoms with E-state index in [9.17, 15) is 8.42 Å². The molecule has 15 heavy (non-hydrogen) atoms. The summed E-state index contributed by atoms with van der Waals surface area (Å²) in [5.41, 5.74) is 0. The molecule has 0 spiro atoms. The van der Waals surface area contributed by atoms with E-state index < -0.39 is 10.0 Å². The first-order valence-electron chi connectivity index (χ1n) is 5.12. The molecule has 5 nitrogen and oxygen atoms in total. The fourth-order valence-electron chi connectivity index (χ4n) is 1.13. The molecule has 0 amide bonds. The Kier molecular flexibility index (Phi) is 7.08. The maximum absolute atomic E-state index is 10.7. The Balaban J connectivity index is 3.43. The lowest BCUT2D eigenvalue weighted by Crippen LogP contribution is -2.28. The van der Waals surface area contributed by atoms with Crippen LogP contribution in [0.5, 0.6) is 0 Å². The molecule has 0 radical (unpaired) electrons. The Hall–Kier alpha value is -0.170. The van der Waals surface area contributed by atoms with Crippen molar-refractivity contribution in [2.75, 3.05) is 32.9 Å². The van der Waals surface area contributed by atoms with Gasteiger partial charge >= 0.3 is 0 Å². The smallest absolute Gasteiger partial charge is 0.208 e. The van der Waals surface area contributed by atoms with Crippen LogP contribution in [0.1, 0.15) is 19.8 Å². The summed E-state index contributed by atoms with van der Waals surface area (Å²) in [6, 6.07) is 0. The molecule has 2 N–H and O–H groups in total. The molecule has 0 aromatic heterocycles. The molecular weight excluding hydrogens is 216 g/mol. The number of aliphatic hydroxyl groups is 1. The van der Waals surface area contributed by atoms with Crippen LogP contribution in [0.25, 0.3) is 0 Å². The maximum atomic E-state index is 10.7. The molecule has 0 heterocycles. The van der Waals surface area contributed by atoms with E-state index in [1.807, 2.05) is 7.05 Å². The Morgan fingerprint density at radius 1 is 1.40 bits per heavy atom. The minimum Gasteiger partial charge on any atom is -0.393 e. The van der Waals surface area contributed by atoms with Crippen LogP contribution in [0.3, 0.4) is 0 Å². The molecule has 0 fully saturated rings.